The first-order valence-corrected chi connectivity index (χ1v) is 15.2. The molecule has 0 spiro atoms. The Bertz CT molecular complexity index is 1150. The molecule has 2 saturated carbocycles. The number of esters is 1. The van der Waals surface area contributed by atoms with Gasteiger partial charge in [-0.2, -0.15) is 5.10 Å². The van der Waals surface area contributed by atoms with Crippen molar-refractivity contribution in [3.8, 4) is 0 Å². The summed E-state index contributed by atoms with van der Waals surface area (Å²) >= 11 is 1.50. The molecule has 0 saturated heterocycles. The molecule has 3 aliphatic rings. The van der Waals surface area contributed by atoms with E-state index in [0.29, 0.717) is 22.3 Å². The van der Waals surface area contributed by atoms with Gasteiger partial charge in [-0.05, 0) is 93.6 Å². The second-order valence-electron chi connectivity index (χ2n) is 12.4. The van der Waals surface area contributed by atoms with Crippen molar-refractivity contribution in [2.75, 3.05) is 12.0 Å². The molecule has 2 aromatic heterocycles. The molecule has 0 aliphatic heterocycles. The first kappa shape index (κ1) is 27.1. The fraction of sp³-hybridized carbons (Fsp3) is 0.667. The fourth-order valence-corrected chi connectivity index (χ4v) is 7.58. The molecule has 2 heterocycles. The van der Waals surface area contributed by atoms with Crippen LogP contribution in [0.15, 0.2) is 24.8 Å². The molecule has 8 heteroatoms. The van der Waals surface area contributed by atoms with Gasteiger partial charge in [-0.1, -0.05) is 26.8 Å². The molecule has 5 rings (SSSR count). The SMILES string of the molecule is COC(=O)c1sc(C2=CCC(C)(C)CC2)cc1N(C(=O)[C@H]1CC[C@H](C)CC1)C1CCC(n2cncn2)CC1. The van der Waals surface area contributed by atoms with Crippen LogP contribution in [0.25, 0.3) is 5.57 Å². The summed E-state index contributed by atoms with van der Waals surface area (Å²) in [5.41, 5.74) is 2.35. The molecule has 0 aromatic carbocycles. The summed E-state index contributed by atoms with van der Waals surface area (Å²) in [4.78, 5) is 35.2. The Kier molecular flexibility index (Phi) is 8.08. The number of ether oxygens (including phenoxy) is 1. The van der Waals surface area contributed by atoms with Gasteiger partial charge in [0.1, 0.15) is 17.5 Å². The molecule has 0 unspecified atom stereocenters. The third kappa shape index (κ3) is 5.75. The summed E-state index contributed by atoms with van der Waals surface area (Å²) in [6.45, 7) is 6.89. The number of allylic oxidation sites excluding steroid dienone is 2. The van der Waals surface area contributed by atoms with Crippen molar-refractivity contribution in [2.24, 2.45) is 17.3 Å². The molecule has 0 atom stereocenters. The minimum atomic E-state index is -0.348. The average molecular weight is 539 g/mol. The Morgan fingerprint density at radius 3 is 2.45 bits per heavy atom. The lowest BCUT2D eigenvalue weighted by Crippen LogP contribution is -2.46. The number of thiophene rings is 1. The number of hydrogen-bond acceptors (Lipinski definition) is 6. The van der Waals surface area contributed by atoms with E-state index in [1.165, 1.54) is 24.0 Å². The van der Waals surface area contributed by atoms with Crippen molar-refractivity contribution in [3.63, 3.8) is 0 Å². The Balaban J connectivity index is 1.48. The van der Waals surface area contributed by atoms with Gasteiger partial charge in [0.15, 0.2) is 0 Å². The van der Waals surface area contributed by atoms with Gasteiger partial charge >= 0.3 is 5.97 Å². The van der Waals surface area contributed by atoms with Crippen LogP contribution in [0.5, 0.6) is 0 Å². The Labute approximate surface area is 230 Å². The first-order valence-electron chi connectivity index (χ1n) is 14.3. The Morgan fingerprint density at radius 1 is 1.11 bits per heavy atom. The molecule has 0 radical (unpaired) electrons. The Hall–Kier alpha value is -2.48. The smallest absolute Gasteiger partial charge is 0.350 e. The lowest BCUT2D eigenvalue weighted by Gasteiger charge is -2.39. The van der Waals surface area contributed by atoms with Gasteiger partial charge in [0, 0.05) is 16.8 Å². The summed E-state index contributed by atoms with van der Waals surface area (Å²) in [5.74, 6) is 0.531. The lowest BCUT2D eigenvalue weighted by molar-refractivity contribution is -0.124. The maximum atomic E-state index is 14.3. The Morgan fingerprint density at radius 2 is 1.84 bits per heavy atom. The van der Waals surface area contributed by atoms with E-state index in [9.17, 15) is 9.59 Å². The van der Waals surface area contributed by atoms with Crippen LogP contribution < -0.4 is 4.90 Å². The highest BCUT2D eigenvalue weighted by molar-refractivity contribution is 7.15. The van der Waals surface area contributed by atoms with Crippen LogP contribution in [-0.2, 0) is 9.53 Å². The van der Waals surface area contributed by atoms with Gasteiger partial charge in [-0.3, -0.25) is 4.79 Å². The molecule has 206 valence electrons. The standard InChI is InChI=1S/C30H42N4O3S/c1-20-5-7-22(8-6-20)28(35)34(24-11-9-23(10-12-24)33-19-31-18-32-33)25-17-26(38-27(25)29(36)37-4)21-13-15-30(2,3)16-14-21/h13,17-20,22-24H,5-12,14-16H2,1-4H3/t20-,22-,23?,24?. The van der Waals surface area contributed by atoms with Crippen molar-refractivity contribution in [1.82, 2.24) is 14.8 Å². The second-order valence-corrected chi connectivity index (χ2v) is 13.5. The van der Waals surface area contributed by atoms with Crippen molar-refractivity contribution in [2.45, 2.75) is 103 Å². The number of aromatic nitrogens is 3. The van der Waals surface area contributed by atoms with Crippen LogP contribution in [0.3, 0.4) is 0 Å². The van der Waals surface area contributed by atoms with Crippen LogP contribution in [0, 0.1) is 17.3 Å². The number of amides is 1. The molecular weight excluding hydrogens is 496 g/mol. The third-order valence-corrected chi connectivity index (χ3v) is 10.3. The summed E-state index contributed by atoms with van der Waals surface area (Å²) in [7, 11) is 1.44. The molecule has 3 aliphatic carbocycles. The number of carbonyl (C=O) groups is 2. The molecule has 2 aromatic rings. The zero-order valence-corrected chi connectivity index (χ0v) is 24.1. The summed E-state index contributed by atoms with van der Waals surface area (Å²) in [5, 5.41) is 4.36. The monoisotopic (exact) mass is 538 g/mol. The van der Waals surface area contributed by atoms with Gasteiger partial charge in [0.25, 0.3) is 0 Å². The molecule has 2 fully saturated rings. The number of anilines is 1. The topological polar surface area (TPSA) is 77.3 Å². The van der Waals surface area contributed by atoms with Crippen molar-refractivity contribution in [3.05, 3.63) is 34.6 Å². The van der Waals surface area contributed by atoms with E-state index in [2.05, 4.69) is 43.0 Å². The maximum Gasteiger partial charge on any atom is 0.350 e. The van der Waals surface area contributed by atoms with Crippen molar-refractivity contribution in [1.29, 1.82) is 0 Å². The van der Waals surface area contributed by atoms with E-state index < -0.39 is 0 Å². The molecule has 0 N–H and O–H groups in total. The number of nitrogens with zero attached hydrogens (tertiary/aromatic N) is 4. The normalized spacial score (nSPS) is 27.4. The van der Waals surface area contributed by atoms with Gasteiger partial charge < -0.3 is 9.64 Å². The first-order chi connectivity index (χ1) is 18.3. The average Bonchev–Trinajstić information content (AvgIpc) is 3.60. The van der Waals surface area contributed by atoms with Crippen molar-refractivity contribution >= 4 is 34.5 Å². The minimum absolute atomic E-state index is 0.0165. The third-order valence-electron chi connectivity index (χ3n) is 9.08. The largest absolute Gasteiger partial charge is 0.465 e. The zero-order valence-electron chi connectivity index (χ0n) is 23.3. The van der Waals surface area contributed by atoms with E-state index in [1.807, 2.05) is 9.58 Å². The van der Waals surface area contributed by atoms with E-state index in [4.69, 9.17) is 4.74 Å². The van der Waals surface area contributed by atoms with Crippen molar-refractivity contribution < 1.29 is 14.3 Å². The number of methoxy groups -OCH3 is 1. The molecule has 7 nitrogen and oxygen atoms in total. The predicted octanol–water partition coefficient (Wildman–Crippen LogP) is 7.06. The van der Waals surface area contributed by atoms with Crippen LogP contribution in [0.2, 0.25) is 0 Å². The van der Waals surface area contributed by atoms with Gasteiger partial charge in [0.05, 0.1) is 18.8 Å². The van der Waals surface area contributed by atoms with Crippen LogP contribution in [-0.4, -0.2) is 39.8 Å². The molecule has 0 bridgehead atoms. The van der Waals surface area contributed by atoms with E-state index >= 15 is 0 Å². The van der Waals surface area contributed by atoms with E-state index in [1.54, 1.807) is 12.7 Å². The van der Waals surface area contributed by atoms with Crippen LogP contribution >= 0.6 is 11.3 Å². The molecular formula is C30H42N4O3S. The van der Waals surface area contributed by atoms with E-state index in [-0.39, 0.29) is 23.8 Å². The number of rotatable bonds is 6. The van der Waals surface area contributed by atoms with Gasteiger partial charge in [0.2, 0.25) is 5.91 Å². The summed E-state index contributed by atoms with van der Waals surface area (Å²) < 4.78 is 7.20. The quantitative estimate of drug-likeness (QED) is 0.368. The molecule has 1 amide bonds. The van der Waals surface area contributed by atoms with Gasteiger partial charge in [-0.15, -0.1) is 11.3 Å². The van der Waals surface area contributed by atoms with Gasteiger partial charge in [-0.25, -0.2) is 14.5 Å². The van der Waals surface area contributed by atoms with E-state index in [0.717, 1.165) is 81.2 Å². The molecule has 38 heavy (non-hydrogen) atoms. The highest BCUT2D eigenvalue weighted by Crippen LogP contribution is 2.45. The predicted molar refractivity (Wildman–Crippen MR) is 151 cm³/mol. The highest BCUT2D eigenvalue weighted by atomic mass is 32.1. The summed E-state index contributed by atoms with van der Waals surface area (Å²) in [6, 6.07) is 2.48. The minimum Gasteiger partial charge on any atom is -0.465 e. The van der Waals surface area contributed by atoms with Crippen LogP contribution in [0.4, 0.5) is 5.69 Å². The second kappa shape index (κ2) is 11.3. The zero-order chi connectivity index (χ0) is 26.9. The summed E-state index contributed by atoms with van der Waals surface area (Å²) in [6.07, 6.45) is 16.5. The maximum absolute atomic E-state index is 14.3. The lowest BCUT2D eigenvalue weighted by atomic mass is 9.78. The highest BCUT2D eigenvalue weighted by Gasteiger charge is 2.38. The number of hydrogen-bond donors (Lipinski definition) is 0. The number of carbonyl (C=O) groups excluding carboxylic acids is 2. The van der Waals surface area contributed by atoms with Crippen LogP contribution in [0.1, 0.15) is 112 Å². The fourth-order valence-electron chi connectivity index (χ4n) is 6.44.